The first-order valence-corrected chi connectivity index (χ1v) is 8.99. The van der Waals surface area contributed by atoms with Gasteiger partial charge in [0.2, 0.25) is 0 Å². The van der Waals surface area contributed by atoms with E-state index in [9.17, 15) is 10.2 Å². The molecule has 2 fully saturated rings. The second-order valence-electron chi connectivity index (χ2n) is 8.87. The van der Waals surface area contributed by atoms with Crippen molar-refractivity contribution < 1.29 is 14.9 Å². The Morgan fingerprint density at radius 2 is 1.91 bits per heavy atom. The second-order valence-corrected chi connectivity index (χ2v) is 8.87. The molecule has 0 amide bonds. The lowest BCUT2D eigenvalue weighted by atomic mass is 9.48. The molecule has 1 saturated heterocycles. The monoisotopic (exact) mass is 316 g/mol. The third-order valence-electron chi connectivity index (χ3n) is 6.85. The van der Waals surface area contributed by atoms with Crippen LogP contribution in [0.15, 0.2) is 6.07 Å². The molecule has 1 aromatic carbocycles. The van der Waals surface area contributed by atoms with E-state index < -0.39 is 0 Å². The minimum atomic E-state index is -0.122. The van der Waals surface area contributed by atoms with Crippen molar-refractivity contribution in [3.8, 4) is 11.5 Å². The first-order valence-electron chi connectivity index (χ1n) is 8.99. The maximum atomic E-state index is 10.9. The second kappa shape index (κ2) is 4.66. The van der Waals surface area contributed by atoms with Crippen molar-refractivity contribution in [3.05, 3.63) is 22.8 Å². The molecule has 23 heavy (non-hydrogen) atoms. The number of hydrogen-bond donors (Lipinski definition) is 2. The topological polar surface area (TPSA) is 49.7 Å². The summed E-state index contributed by atoms with van der Waals surface area (Å²) < 4.78 is 6.19. The highest BCUT2D eigenvalue weighted by Gasteiger charge is 2.59. The third-order valence-corrected chi connectivity index (χ3v) is 6.85. The molecule has 2 aliphatic carbocycles. The number of hydrogen-bond acceptors (Lipinski definition) is 3. The molecule has 2 bridgehead atoms. The van der Waals surface area contributed by atoms with Crippen LogP contribution in [0.3, 0.4) is 0 Å². The zero-order chi connectivity index (χ0) is 16.6. The minimum Gasteiger partial charge on any atom is -0.504 e. The van der Waals surface area contributed by atoms with Crippen molar-refractivity contribution in [1.29, 1.82) is 0 Å². The van der Waals surface area contributed by atoms with Gasteiger partial charge in [0, 0.05) is 16.5 Å². The molecule has 3 atom stereocenters. The summed E-state index contributed by atoms with van der Waals surface area (Å²) in [4.78, 5) is 0. The summed E-state index contributed by atoms with van der Waals surface area (Å²) in [7, 11) is 0. The lowest BCUT2D eigenvalue weighted by Crippen LogP contribution is -2.56. The van der Waals surface area contributed by atoms with E-state index in [1.54, 1.807) is 0 Å². The normalized spacial score (nSPS) is 34.3. The van der Waals surface area contributed by atoms with Gasteiger partial charge >= 0.3 is 0 Å². The van der Waals surface area contributed by atoms with Crippen molar-refractivity contribution >= 4 is 0 Å². The van der Waals surface area contributed by atoms with Gasteiger partial charge in [-0.2, -0.15) is 0 Å². The van der Waals surface area contributed by atoms with Gasteiger partial charge in [0.05, 0.1) is 12.7 Å². The summed E-state index contributed by atoms with van der Waals surface area (Å²) in [6.07, 6.45) is 4.55. The highest BCUT2D eigenvalue weighted by Crippen LogP contribution is 2.65. The van der Waals surface area contributed by atoms with Crippen LogP contribution in [-0.2, 0) is 10.2 Å². The fourth-order valence-electron chi connectivity index (χ4n) is 5.71. The minimum absolute atomic E-state index is 0.0678. The highest BCUT2D eigenvalue weighted by atomic mass is 16.5. The van der Waals surface area contributed by atoms with Crippen LogP contribution < -0.4 is 0 Å². The number of ether oxygens (including phenoxy) is 1. The van der Waals surface area contributed by atoms with Crippen LogP contribution in [0.2, 0.25) is 0 Å². The molecule has 3 heteroatoms. The SMILES string of the molecule is CC(C)c1cc2c(c(O)c1O)C13CCCC(C)(C)C1CC2OC3. The quantitative estimate of drug-likeness (QED) is 0.734. The Labute approximate surface area is 138 Å². The summed E-state index contributed by atoms with van der Waals surface area (Å²) in [6, 6.07) is 2.10. The Hall–Kier alpha value is -1.22. The first kappa shape index (κ1) is 15.3. The summed E-state index contributed by atoms with van der Waals surface area (Å²) in [5.41, 5.74) is 3.10. The van der Waals surface area contributed by atoms with Crippen LogP contribution in [0, 0.1) is 11.3 Å². The average Bonchev–Trinajstić information content (AvgIpc) is 2.49. The summed E-state index contributed by atoms with van der Waals surface area (Å²) in [5, 5.41) is 21.5. The molecule has 3 nitrogen and oxygen atoms in total. The zero-order valence-electron chi connectivity index (χ0n) is 14.6. The van der Waals surface area contributed by atoms with Gasteiger partial charge in [0.1, 0.15) is 0 Å². The lowest BCUT2D eigenvalue weighted by molar-refractivity contribution is -0.137. The smallest absolute Gasteiger partial charge is 0.162 e. The van der Waals surface area contributed by atoms with Crippen LogP contribution in [0.1, 0.15) is 82.1 Å². The van der Waals surface area contributed by atoms with Crippen LogP contribution in [-0.4, -0.2) is 16.8 Å². The van der Waals surface area contributed by atoms with Crippen molar-refractivity contribution in [2.45, 2.75) is 70.8 Å². The zero-order valence-corrected chi connectivity index (χ0v) is 14.6. The number of fused-ring (bicyclic) bond motifs is 1. The molecule has 3 unspecified atom stereocenters. The highest BCUT2D eigenvalue weighted by molar-refractivity contribution is 5.61. The molecule has 126 valence electrons. The predicted molar refractivity (Wildman–Crippen MR) is 90.0 cm³/mol. The molecular weight excluding hydrogens is 288 g/mol. The maximum Gasteiger partial charge on any atom is 0.162 e. The van der Waals surface area contributed by atoms with Crippen LogP contribution in [0.4, 0.5) is 0 Å². The van der Waals surface area contributed by atoms with Crippen molar-refractivity contribution in [2.75, 3.05) is 6.61 Å². The Bertz CT molecular complexity index is 661. The fraction of sp³-hybridized carbons (Fsp3) is 0.700. The third kappa shape index (κ3) is 1.86. The van der Waals surface area contributed by atoms with Gasteiger partial charge < -0.3 is 14.9 Å². The standard InChI is InChI=1S/C20H28O3/c1-11(2)12-8-13-14-9-15-19(3,4)6-5-7-20(15,10-23-14)16(13)18(22)17(12)21/h8,11,14-15,21-22H,5-7,9-10H2,1-4H3. The van der Waals surface area contributed by atoms with Gasteiger partial charge in [-0.15, -0.1) is 0 Å². The molecule has 1 aromatic rings. The van der Waals surface area contributed by atoms with Gasteiger partial charge in [-0.1, -0.05) is 34.1 Å². The molecule has 5 rings (SSSR count). The fourth-order valence-corrected chi connectivity index (χ4v) is 5.71. The molecule has 2 aliphatic heterocycles. The number of phenolic OH excluding ortho intramolecular Hbond substituents is 2. The Kier molecular flexibility index (Phi) is 3.10. The summed E-state index contributed by atoms with van der Waals surface area (Å²) in [5.74, 6) is 0.914. The lowest BCUT2D eigenvalue weighted by Gasteiger charge is -2.60. The molecule has 0 aromatic heterocycles. The molecule has 2 N–H and O–H groups in total. The first-order chi connectivity index (χ1) is 10.8. The largest absolute Gasteiger partial charge is 0.504 e. The van der Waals surface area contributed by atoms with E-state index in [1.807, 2.05) is 13.8 Å². The van der Waals surface area contributed by atoms with E-state index in [0.29, 0.717) is 12.5 Å². The van der Waals surface area contributed by atoms with E-state index in [2.05, 4.69) is 19.9 Å². The number of aromatic hydroxyl groups is 2. The van der Waals surface area contributed by atoms with Crippen molar-refractivity contribution in [3.63, 3.8) is 0 Å². The van der Waals surface area contributed by atoms with Crippen LogP contribution >= 0.6 is 0 Å². The molecule has 0 radical (unpaired) electrons. The summed E-state index contributed by atoms with van der Waals surface area (Å²) in [6.45, 7) is 9.50. The van der Waals surface area contributed by atoms with Crippen molar-refractivity contribution in [1.82, 2.24) is 0 Å². The molecular formula is C20H28O3. The Morgan fingerprint density at radius 1 is 1.17 bits per heavy atom. The van der Waals surface area contributed by atoms with E-state index >= 15 is 0 Å². The van der Waals surface area contributed by atoms with Crippen LogP contribution in [0.25, 0.3) is 0 Å². The van der Waals surface area contributed by atoms with Gasteiger partial charge in [-0.05, 0) is 48.1 Å². The number of benzene rings is 1. The molecule has 2 heterocycles. The maximum absolute atomic E-state index is 10.9. The van der Waals surface area contributed by atoms with Gasteiger partial charge in [-0.25, -0.2) is 0 Å². The Balaban J connectivity index is 1.97. The number of phenols is 2. The van der Waals surface area contributed by atoms with Crippen molar-refractivity contribution in [2.24, 2.45) is 11.3 Å². The molecule has 1 spiro atoms. The van der Waals surface area contributed by atoms with Gasteiger partial charge in [0.15, 0.2) is 11.5 Å². The van der Waals surface area contributed by atoms with Crippen LogP contribution in [0.5, 0.6) is 11.5 Å². The molecule has 4 aliphatic rings. The summed E-state index contributed by atoms with van der Waals surface area (Å²) >= 11 is 0. The predicted octanol–water partition coefficient (Wildman–Crippen LogP) is 4.76. The van der Waals surface area contributed by atoms with Gasteiger partial charge in [0.25, 0.3) is 0 Å². The van der Waals surface area contributed by atoms with E-state index in [4.69, 9.17) is 4.74 Å². The number of rotatable bonds is 1. The van der Waals surface area contributed by atoms with E-state index in [-0.39, 0.29) is 34.4 Å². The van der Waals surface area contributed by atoms with Gasteiger partial charge in [-0.3, -0.25) is 0 Å². The van der Waals surface area contributed by atoms with E-state index in [1.165, 1.54) is 6.42 Å². The Morgan fingerprint density at radius 3 is 2.61 bits per heavy atom. The van der Waals surface area contributed by atoms with E-state index in [0.717, 1.165) is 36.0 Å². The molecule has 1 saturated carbocycles. The average molecular weight is 316 g/mol.